The normalized spacial score (nSPS) is 30.4. The fraction of sp³-hybridized carbons (Fsp3) is 0.500. The van der Waals surface area contributed by atoms with Crippen molar-refractivity contribution in [2.45, 2.75) is 44.2 Å². The summed E-state index contributed by atoms with van der Waals surface area (Å²) < 4.78 is 0. The van der Waals surface area contributed by atoms with Crippen LogP contribution in [0.25, 0.3) is 0 Å². The lowest BCUT2D eigenvalue weighted by atomic mass is 9.80. The number of hydrogen-bond donors (Lipinski definition) is 1. The lowest BCUT2D eigenvalue weighted by Crippen LogP contribution is -2.51. The topological polar surface area (TPSA) is 49.4 Å². The molecular weight excluding hydrogens is 252 g/mol. The van der Waals surface area contributed by atoms with E-state index in [1.165, 1.54) is 16.0 Å². The van der Waals surface area contributed by atoms with Gasteiger partial charge in [-0.25, -0.2) is 4.79 Å². The number of imide groups is 1. The van der Waals surface area contributed by atoms with Crippen LogP contribution in [0.1, 0.15) is 30.9 Å². The van der Waals surface area contributed by atoms with Gasteiger partial charge in [0.1, 0.15) is 5.54 Å². The average Bonchev–Trinajstić information content (AvgIpc) is 2.85. The summed E-state index contributed by atoms with van der Waals surface area (Å²) in [7, 11) is 0. The lowest BCUT2D eigenvalue weighted by Gasteiger charge is -2.38. The van der Waals surface area contributed by atoms with Gasteiger partial charge in [-0.1, -0.05) is 31.2 Å². The minimum absolute atomic E-state index is 0.0180. The van der Waals surface area contributed by atoms with Gasteiger partial charge in [-0.2, -0.15) is 0 Å². The molecule has 4 rings (SSSR count). The Bertz CT molecular complexity index is 579. The monoisotopic (exact) mass is 270 g/mol. The van der Waals surface area contributed by atoms with Gasteiger partial charge in [0.2, 0.25) is 0 Å². The predicted molar refractivity (Wildman–Crippen MR) is 74.1 cm³/mol. The highest BCUT2D eigenvalue weighted by molar-refractivity contribution is 6.08. The van der Waals surface area contributed by atoms with E-state index in [1.54, 1.807) is 0 Å². The molecule has 0 aromatic heterocycles. The van der Waals surface area contributed by atoms with E-state index >= 15 is 0 Å². The largest absolute Gasteiger partial charge is 0.325 e. The van der Waals surface area contributed by atoms with Crippen LogP contribution in [0.4, 0.5) is 4.79 Å². The smallest absolute Gasteiger partial charge is 0.322 e. The molecule has 4 heteroatoms. The standard InChI is InChI=1S/C16H18N2O2/c1-10-6-13(7-10)18-14(19)16(17-15(18)20)8-11-4-2-3-5-12(11)9-16/h2-5,10,13H,6-9H2,1H3,(H,17,20). The molecule has 4 nitrogen and oxygen atoms in total. The van der Waals surface area contributed by atoms with Crippen LogP contribution in [0.3, 0.4) is 0 Å². The van der Waals surface area contributed by atoms with E-state index in [-0.39, 0.29) is 18.0 Å². The van der Waals surface area contributed by atoms with Crippen LogP contribution in [-0.2, 0) is 17.6 Å². The van der Waals surface area contributed by atoms with Crippen LogP contribution >= 0.6 is 0 Å². The van der Waals surface area contributed by atoms with Crippen LogP contribution in [0.2, 0.25) is 0 Å². The SMILES string of the molecule is CC1CC(N2C(=O)NC3(Cc4ccccc4C3)C2=O)C1. The Balaban J connectivity index is 1.63. The molecule has 1 saturated heterocycles. The molecule has 1 saturated carbocycles. The predicted octanol–water partition coefficient (Wildman–Crippen LogP) is 1.87. The van der Waals surface area contributed by atoms with Gasteiger partial charge in [0, 0.05) is 18.9 Å². The summed E-state index contributed by atoms with van der Waals surface area (Å²) >= 11 is 0. The Kier molecular flexibility index (Phi) is 2.29. The van der Waals surface area contributed by atoms with Crippen molar-refractivity contribution in [2.75, 3.05) is 0 Å². The van der Waals surface area contributed by atoms with Crippen molar-refractivity contribution in [2.24, 2.45) is 5.92 Å². The van der Waals surface area contributed by atoms with Gasteiger partial charge < -0.3 is 5.32 Å². The third-order valence-electron chi connectivity index (χ3n) is 5.01. The fourth-order valence-corrected chi connectivity index (χ4v) is 3.90. The molecule has 3 amide bonds. The molecule has 0 radical (unpaired) electrons. The summed E-state index contributed by atoms with van der Waals surface area (Å²) in [6, 6.07) is 8.00. The van der Waals surface area contributed by atoms with E-state index in [2.05, 4.69) is 24.4 Å². The molecule has 1 spiro atoms. The highest BCUT2D eigenvalue weighted by Crippen LogP contribution is 2.39. The number of rotatable bonds is 1. The third kappa shape index (κ3) is 1.48. The van der Waals surface area contributed by atoms with Crippen LogP contribution < -0.4 is 5.32 Å². The first kappa shape index (κ1) is 11.9. The highest BCUT2D eigenvalue weighted by Gasteiger charge is 2.56. The Hall–Kier alpha value is -1.84. The molecule has 2 fully saturated rings. The number of urea groups is 1. The summed E-state index contributed by atoms with van der Waals surface area (Å²) in [6.45, 7) is 2.16. The minimum Gasteiger partial charge on any atom is -0.322 e. The maximum Gasteiger partial charge on any atom is 0.325 e. The van der Waals surface area contributed by atoms with Gasteiger partial charge in [0.25, 0.3) is 5.91 Å². The first-order valence-electron chi connectivity index (χ1n) is 7.32. The maximum atomic E-state index is 12.8. The van der Waals surface area contributed by atoms with Crippen LogP contribution in [0, 0.1) is 5.92 Å². The van der Waals surface area contributed by atoms with Crippen molar-refractivity contribution in [1.82, 2.24) is 10.2 Å². The molecule has 1 aliphatic heterocycles. The van der Waals surface area contributed by atoms with E-state index in [0.29, 0.717) is 18.8 Å². The summed E-state index contributed by atoms with van der Waals surface area (Å²) in [5.74, 6) is 0.605. The lowest BCUT2D eigenvalue weighted by molar-refractivity contribution is -0.134. The fourth-order valence-electron chi connectivity index (χ4n) is 3.90. The molecule has 1 aromatic rings. The van der Waals surface area contributed by atoms with E-state index in [9.17, 15) is 9.59 Å². The zero-order valence-electron chi connectivity index (χ0n) is 11.6. The molecule has 20 heavy (non-hydrogen) atoms. The third-order valence-corrected chi connectivity index (χ3v) is 5.01. The molecule has 2 aliphatic carbocycles. The van der Waals surface area contributed by atoms with Gasteiger partial charge in [-0.3, -0.25) is 9.69 Å². The Morgan fingerprint density at radius 1 is 1.15 bits per heavy atom. The second-order valence-electron chi connectivity index (χ2n) is 6.54. The van der Waals surface area contributed by atoms with Crippen molar-refractivity contribution in [1.29, 1.82) is 0 Å². The molecular formula is C16H18N2O2. The summed E-state index contributed by atoms with van der Waals surface area (Å²) in [5, 5.41) is 2.98. The average molecular weight is 270 g/mol. The molecule has 1 aromatic carbocycles. The molecule has 104 valence electrons. The molecule has 0 atom stereocenters. The molecule has 0 unspecified atom stereocenters. The van der Waals surface area contributed by atoms with E-state index in [0.717, 1.165) is 12.8 Å². The number of nitrogens with zero attached hydrogens (tertiary/aromatic N) is 1. The van der Waals surface area contributed by atoms with Crippen molar-refractivity contribution in [3.8, 4) is 0 Å². The number of amides is 3. The van der Waals surface area contributed by atoms with Gasteiger partial charge in [0.15, 0.2) is 0 Å². The van der Waals surface area contributed by atoms with Crippen LogP contribution in [0.15, 0.2) is 24.3 Å². The first-order valence-corrected chi connectivity index (χ1v) is 7.32. The summed E-state index contributed by atoms with van der Waals surface area (Å²) in [4.78, 5) is 26.5. The van der Waals surface area contributed by atoms with Crippen LogP contribution in [0.5, 0.6) is 0 Å². The molecule has 3 aliphatic rings. The van der Waals surface area contributed by atoms with Gasteiger partial charge in [-0.05, 0) is 29.9 Å². The van der Waals surface area contributed by atoms with E-state index in [1.807, 2.05) is 12.1 Å². The van der Waals surface area contributed by atoms with Crippen molar-refractivity contribution in [3.63, 3.8) is 0 Å². The van der Waals surface area contributed by atoms with Crippen LogP contribution in [-0.4, -0.2) is 28.4 Å². The number of benzene rings is 1. The number of carbonyl (C=O) groups excluding carboxylic acids is 2. The summed E-state index contributed by atoms with van der Waals surface area (Å²) in [6.07, 6.45) is 3.16. The quantitative estimate of drug-likeness (QED) is 0.792. The molecule has 0 bridgehead atoms. The second-order valence-corrected chi connectivity index (χ2v) is 6.54. The first-order chi connectivity index (χ1) is 9.59. The van der Waals surface area contributed by atoms with E-state index in [4.69, 9.17) is 0 Å². The Morgan fingerprint density at radius 2 is 1.75 bits per heavy atom. The van der Waals surface area contributed by atoms with Gasteiger partial charge in [0.05, 0.1) is 0 Å². The zero-order valence-corrected chi connectivity index (χ0v) is 11.6. The highest BCUT2D eigenvalue weighted by atomic mass is 16.2. The minimum atomic E-state index is -0.709. The maximum absolute atomic E-state index is 12.8. The van der Waals surface area contributed by atoms with Crippen molar-refractivity contribution in [3.05, 3.63) is 35.4 Å². The molecule has 1 N–H and O–H groups in total. The van der Waals surface area contributed by atoms with Crippen molar-refractivity contribution < 1.29 is 9.59 Å². The van der Waals surface area contributed by atoms with Gasteiger partial charge in [-0.15, -0.1) is 0 Å². The summed E-state index contributed by atoms with van der Waals surface area (Å²) in [5.41, 5.74) is 1.66. The Morgan fingerprint density at radius 3 is 2.30 bits per heavy atom. The molecule has 1 heterocycles. The number of fused-ring (bicyclic) bond motifs is 1. The van der Waals surface area contributed by atoms with Gasteiger partial charge >= 0.3 is 6.03 Å². The number of carbonyl (C=O) groups is 2. The van der Waals surface area contributed by atoms with Crippen molar-refractivity contribution >= 4 is 11.9 Å². The second kappa shape index (κ2) is 3.84. The van der Waals surface area contributed by atoms with E-state index < -0.39 is 5.54 Å². The number of hydrogen-bond acceptors (Lipinski definition) is 2. The Labute approximate surface area is 118 Å². The number of nitrogens with one attached hydrogen (secondary N) is 1. The zero-order chi connectivity index (χ0) is 13.9.